The van der Waals surface area contributed by atoms with Gasteiger partial charge in [0.1, 0.15) is 18.2 Å². The van der Waals surface area contributed by atoms with Crippen molar-refractivity contribution in [3.63, 3.8) is 0 Å². The van der Waals surface area contributed by atoms with Crippen LogP contribution in [0, 0.1) is 0 Å². The Morgan fingerprint density at radius 2 is 2.04 bits per heavy atom. The van der Waals surface area contributed by atoms with Crippen molar-refractivity contribution in [2.24, 2.45) is 0 Å². The summed E-state index contributed by atoms with van der Waals surface area (Å²) in [5, 5.41) is 11.0. The third kappa shape index (κ3) is 3.27. The molecule has 4 rings (SSSR count). The summed E-state index contributed by atoms with van der Waals surface area (Å²) >= 11 is 12.3. The first-order chi connectivity index (χ1) is 13.0. The van der Waals surface area contributed by atoms with Gasteiger partial charge in [0.05, 0.1) is 15.6 Å². The van der Waals surface area contributed by atoms with Gasteiger partial charge in [-0.1, -0.05) is 35.3 Å². The first-order valence-corrected chi connectivity index (χ1v) is 8.85. The molecule has 0 aliphatic carbocycles. The zero-order chi connectivity index (χ0) is 19.0. The maximum Gasteiger partial charge on any atom is 0.257 e. The van der Waals surface area contributed by atoms with E-state index in [-0.39, 0.29) is 5.91 Å². The molecule has 0 spiro atoms. The summed E-state index contributed by atoms with van der Waals surface area (Å²) in [7, 11) is 0. The Balaban J connectivity index is 1.79. The van der Waals surface area contributed by atoms with Gasteiger partial charge in [-0.25, -0.2) is 9.67 Å². The van der Waals surface area contributed by atoms with Crippen LogP contribution < -0.4 is 10.6 Å². The molecule has 0 saturated carbocycles. The Bertz CT molecular complexity index is 1050. The van der Waals surface area contributed by atoms with Gasteiger partial charge in [0.15, 0.2) is 0 Å². The van der Waals surface area contributed by atoms with Gasteiger partial charge in [-0.15, -0.1) is 0 Å². The summed E-state index contributed by atoms with van der Waals surface area (Å²) in [6, 6.07) is 10.0. The minimum absolute atomic E-state index is 0.295. The number of carbonyl (C=O) groups excluding carboxylic acids is 1. The van der Waals surface area contributed by atoms with Gasteiger partial charge >= 0.3 is 0 Å². The van der Waals surface area contributed by atoms with Crippen molar-refractivity contribution in [2.45, 2.75) is 13.0 Å². The van der Waals surface area contributed by atoms with E-state index in [0.29, 0.717) is 33.1 Å². The molecular formula is C18H14Cl2N6O. The van der Waals surface area contributed by atoms with E-state index in [2.05, 4.69) is 25.7 Å². The van der Waals surface area contributed by atoms with Crippen LogP contribution in [-0.2, 0) is 4.79 Å². The summed E-state index contributed by atoms with van der Waals surface area (Å²) in [4.78, 5) is 21.4. The summed E-state index contributed by atoms with van der Waals surface area (Å²) < 4.78 is 1.64. The van der Waals surface area contributed by atoms with E-state index in [9.17, 15) is 4.79 Å². The van der Waals surface area contributed by atoms with E-state index in [4.69, 9.17) is 23.2 Å². The van der Waals surface area contributed by atoms with Crippen molar-refractivity contribution in [1.29, 1.82) is 0 Å². The largest absolute Gasteiger partial charge is 0.328 e. The first kappa shape index (κ1) is 17.5. The number of hydrogen-bond acceptors (Lipinski definition) is 5. The van der Waals surface area contributed by atoms with Crippen LogP contribution in [0.15, 0.2) is 60.2 Å². The Morgan fingerprint density at radius 3 is 2.78 bits per heavy atom. The summed E-state index contributed by atoms with van der Waals surface area (Å²) in [5.74, 6) is 0.703. The standard InChI is InChI=1S/C18H14Cl2N6O/c1-10-15(17(27)25-14-4-2-3-7-21-14)16(26-18(24-10)22-9-23-26)11-5-6-12(19)13(20)8-11/h2-9,16H,1H3,(H,21,25,27)(H,22,23,24)/t16-/m0/s1. The Morgan fingerprint density at radius 1 is 1.19 bits per heavy atom. The van der Waals surface area contributed by atoms with Crippen LogP contribution in [0.4, 0.5) is 11.8 Å². The van der Waals surface area contributed by atoms with Gasteiger partial charge in [-0.2, -0.15) is 10.1 Å². The number of allylic oxidation sites excluding steroid dienone is 1. The number of hydrogen-bond donors (Lipinski definition) is 2. The average molecular weight is 401 g/mol. The number of nitrogens with one attached hydrogen (secondary N) is 2. The number of pyridine rings is 1. The van der Waals surface area contributed by atoms with E-state index in [1.54, 1.807) is 41.2 Å². The van der Waals surface area contributed by atoms with Gasteiger partial charge in [0.2, 0.25) is 5.95 Å². The van der Waals surface area contributed by atoms with Crippen LogP contribution in [0.1, 0.15) is 18.5 Å². The predicted octanol–water partition coefficient (Wildman–Crippen LogP) is 3.91. The highest BCUT2D eigenvalue weighted by molar-refractivity contribution is 6.42. The van der Waals surface area contributed by atoms with Crippen molar-refractivity contribution < 1.29 is 4.79 Å². The van der Waals surface area contributed by atoms with Gasteiger partial charge < -0.3 is 10.6 Å². The van der Waals surface area contributed by atoms with Crippen LogP contribution >= 0.6 is 23.2 Å². The van der Waals surface area contributed by atoms with Crippen LogP contribution in [0.3, 0.4) is 0 Å². The van der Waals surface area contributed by atoms with Crippen LogP contribution in [-0.4, -0.2) is 25.7 Å². The highest BCUT2D eigenvalue weighted by atomic mass is 35.5. The van der Waals surface area contributed by atoms with Gasteiger partial charge in [0, 0.05) is 11.9 Å². The Kier molecular flexibility index (Phi) is 4.55. The zero-order valence-corrected chi connectivity index (χ0v) is 15.7. The molecule has 2 aromatic heterocycles. The highest BCUT2D eigenvalue weighted by Gasteiger charge is 2.33. The number of anilines is 2. The second-order valence-corrected chi connectivity index (χ2v) is 6.75. The summed E-state index contributed by atoms with van der Waals surface area (Å²) in [5.41, 5.74) is 1.92. The lowest BCUT2D eigenvalue weighted by atomic mass is 9.95. The predicted molar refractivity (Wildman–Crippen MR) is 104 cm³/mol. The smallest absolute Gasteiger partial charge is 0.257 e. The second kappa shape index (κ2) is 7.02. The molecule has 0 fully saturated rings. The third-order valence-corrected chi connectivity index (χ3v) is 4.94. The second-order valence-electron chi connectivity index (χ2n) is 5.94. The monoisotopic (exact) mass is 400 g/mol. The average Bonchev–Trinajstić information content (AvgIpc) is 3.11. The number of aromatic nitrogens is 4. The van der Waals surface area contributed by atoms with Crippen LogP contribution in [0.2, 0.25) is 10.0 Å². The molecule has 1 atom stereocenters. The zero-order valence-electron chi connectivity index (χ0n) is 14.1. The van der Waals surface area contributed by atoms with Gasteiger partial charge in [-0.3, -0.25) is 4.79 Å². The first-order valence-electron chi connectivity index (χ1n) is 8.09. The van der Waals surface area contributed by atoms with Crippen molar-refractivity contribution in [2.75, 3.05) is 10.6 Å². The molecule has 1 amide bonds. The molecule has 0 unspecified atom stereocenters. The Labute approximate surface area is 165 Å². The van der Waals surface area contributed by atoms with E-state index in [1.807, 2.05) is 13.0 Å². The van der Waals surface area contributed by atoms with Gasteiger partial charge in [-0.05, 0) is 36.8 Å². The number of amides is 1. The number of carbonyl (C=O) groups is 1. The molecule has 0 radical (unpaired) electrons. The SMILES string of the molecule is CC1=C(C(=O)Nc2ccccn2)[C@H](c2ccc(Cl)c(Cl)c2)n2ncnc2N1. The normalized spacial score (nSPS) is 15.9. The van der Waals surface area contributed by atoms with E-state index >= 15 is 0 Å². The molecule has 136 valence electrons. The molecule has 1 aliphatic heterocycles. The summed E-state index contributed by atoms with van der Waals surface area (Å²) in [6.07, 6.45) is 3.04. The van der Waals surface area contributed by atoms with Crippen LogP contribution in [0.5, 0.6) is 0 Å². The fourth-order valence-corrected chi connectivity index (χ4v) is 3.30. The topological polar surface area (TPSA) is 84.7 Å². The third-order valence-electron chi connectivity index (χ3n) is 4.20. The van der Waals surface area contributed by atoms with Crippen LogP contribution in [0.25, 0.3) is 0 Å². The molecule has 9 heteroatoms. The number of fused-ring (bicyclic) bond motifs is 1. The molecule has 1 aliphatic rings. The molecule has 0 bridgehead atoms. The van der Waals surface area contributed by atoms with Crippen molar-refractivity contribution in [1.82, 2.24) is 19.7 Å². The number of halogens is 2. The quantitative estimate of drug-likeness (QED) is 0.695. The molecule has 0 saturated heterocycles. The van der Waals surface area contributed by atoms with Crippen molar-refractivity contribution in [3.05, 3.63) is 75.8 Å². The Hall–Kier alpha value is -2.90. The number of rotatable bonds is 3. The minimum atomic E-state index is -0.512. The van der Waals surface area contributed by atoms with E-state index < -0.39 is 6.04 Å². The maximum atomic E-state index is 13.1. The number of benzene rings is 1. The molecule has 1 aromatic carbocycles. The van der Waals surface area contributed by atoms with Crippen molar-refractivity contribution in [3.8, 4) is 0 Å². The van der Waals surface area contributed by atoms with E-state index in [1.165, 1.54) is 6.33 Å². The lowest BCUT2D eigenvalue weighted by Gasteiger charge is -2.28. The fraction of sp³-hybridized carbons (Fsp3) is 0.111. The lowest BCUT2D eigenvalue weighted by molar-refractivity contribution is -0.113. The molecular weight excluding hydrogens is 387 g/mol. The lowest BCUT2D eigenvalue weighted by Crippen LogP contribution is -2.31. The summed E-state index contributed by atoms with van der Waals surface area (Å²) in [6.45, 7) is 1.82. The molecule has 7 nitrogen and oxygen atoms in total. The molecule has 3 heterocycles. The minimum Gasteiger partial charge on any atom is -0.328 e. The highest BCUT2D eigenvalue weighted by Crippen LogP contribution is 2.37. The van der Waals surface area contributed by atoms with Crippen molar-refractivity contribution >= 4 is 40.9 Å². The fourth-order valence-electron chi connectivity index (χ4n) is 3.00. The number of nitrogens with zero attached hydrogens (tertiary/aromatic N) is 4. The molecule has 2 N–H and O–H groups in total. The molecule has 27 heavy (non-hydrogen) atoms. The van der Waals surface area contributed by atoms with Gasteiger partial charge in [0.25, 0.3) is 5.91 Å². The molecule has 3 aromatic rings. The maximum absolute atomic E-state index is 13.1. The van der Waals surface area contributed by atoms with E-state index in [0.717, 1.165) is 5.56 Å².